The standard InChI is InChI=1S/C20H25BrN2O2S.C2H2O4/c21-19-7-2-1-5-17(19)15-20(24)23(16-18-6-3-14-26-18)9-4-8-22-10-12-25-13-11-22;3-1(4)2(5)6/h1-3,5-7,14H,4,8-13,15-16H2;(H,3,4)(H,5,6). The molecule has 0 bridgehead atoms. The molecule has 1 aliphatic rings. The number of hydrogen-bond donors (Lipinski definition) is 2. The van der Waals surface area contributed by atoms with Crippen LogP contribution >= 0.6 is 27.3 Å². The van der Waals surface area contributed by atoms with Crippen molar-refractivity contribution in [3.63, 3.8) is 0 Å². The Kier molecular flexibility index (Phi) is 11.4. The first-order chi connectivity index (χ1) is 15.4. The van der Waals surface area contributed by atoms with Crippen LogP contribution in [0.3, 0.4) is 0 Å². The summed E-state index contributed by atoms with van der Waals surface area (Å²) in [5, 5.41) is 16.9. The van der Waals surface area contributed by atoms with Gasteiger partial charge in [0, 0.05) is 35.5 Å². The van der Waals surface area contributed by atoms with Crippen molar-refractivity contribution in [2.75, 3.05) is 39.4 Å². The van der Waals surface area contributed by atoms with E-state index in [1.165, 1.54) is 4.88 Å². The number of carbonyl (C=O) groups excluding carboxylic acids is 1. The van der Waals surface area contributed by atoms with Crippen LogP contribution in [-0.2, 0) is 32.1 Å². The van der Waals surface area contributed by atoms with E-state index in [0.29, 0.717) is 13.0 Å². The van der Waals surface area contributed by atoms with E-state index in [1.807, 2.05) is 35.2 Å². The van der Waals surface area contributed by atoms with Gasteiger partial charge in [-0.3, -0.25) is 9.69 Å². The summed E-state index contributed by atoms with van der Waals surface area (Å²) in [6, 6.07) is 12.1. The van der Waals surface area contributed by atoms with Crippen LogP contribution in [0, 0.1) is 0 Å². The van der Waals surface area contributed by atoms with Gasteiger partial charge in [0.05, 0.1) is 26.2 Å². The highest BCUT2D eigenvalue weighted by Gasteiger charge is 2.17. The minimum absolute atomic E-state index is 0.187. The minimum Gasteiger partial charge on any atom is -0.473 e. The third kappa shape index (κ3) is 9.47. The molecule has 0 unspecified atom stereocenters. The third-order valence-corrected chi connectivity index (χ3v) is 6.40. The summed E-state index contributed by atoms with van der Waals surface area (Å²) in [7, 11) is 0. The fourth-order valence-electron chi connectivity index (χ4n) is 3.11. The van der Waals surface area contributed by atoms with E-state index in [9.17, 15) is 4.79 Å². The predicted molar refractivity (Wildman–Crippen MR) is 125 cm³/mol. The molecule has 32 heavy (non-hydrogen) atoms. The molecule has 0 radical (unpaired) electrons. The number of aliphatic carboxylic acids is 2. The molecular formula is C22H27BrN2O6S. The summed E-state index contributed by atoms with van der Waals surface area (Å²) in [6.07, 6.45) is 1.43. The normalized spacial score (nSPS) is 13.7. The van der Waals surface area contributed by atoms with E-state index in [2.05, 4.69) is 32.3 Å². The number of morpholine rings is 1. The monoisotopic (exact) mass is 526 g/mol. The van der Waals surface area contributed by atoms with E-state index in [1.54, 1.807) is 11.3 Å². The molecule has 1 saturated heterocycles. The highest BCUT2D eigenvalue weighted by Crippen LogP contribution is 2.19. The Bertz CT molecular complexity index is 859. The number of nitrogens with zero attached hydrogens (tertiary/aromatic N) is 2. The number of carboxylic acid groups (broad SMARTS) is 2. The number of hydrogen-bond acceptors (Lipinski definition) is 6. The summed E-state index contributed by atoms with van der Waals surface area (Å²) in [6.45, 7) is 6.14. The quantitative estimate of drug-likeness (QED) is 0.509. The lowest BCUT2D eigenvalue weighted by atomic mass is 10.1. The van der Waals surface area contributed by atoms with Crippen molar-refractivity contribution in [3.05, 3.63) is 56.7 Å². The summed E-state index contributed by atoms with van der Waals surface area (Å²) in [5.41, 5.74) is 1.04. The van der Waals surface area contributed by atoms with Gasteiger partial charge in [0.1, 0.15) is 0 Å². The molecule has 10 heteroatoms. The molecule has 1 amide bonds. The summed E-state index contributed by atoms with van der Waals surface area (Å²) in [5.74, 6) is -3.46. The first kappa shape index (κ1) is 26.0. The van der Waals surface area contributed by atoms with Gasteiger partial charge < -0.3 is 19.8 Å². The number of rotatable bonds is 8. The van der Waals surface area contributed by atoms with E-state index in [0.717, 1.165) is 55.8 Å². The van der Waals surface area contributed by atoms with Crippen molar-refractivity contribution >= 4 is 45.1 Å². The number of carbonyl (C=O) groups is 3. The number of benzene rings is 1. The van der Waals surface area contributed by atoms with Crippen molar-refractivity contribution in [3.8, 4) is 0 Å². The number of carboxylic acids is 2. The van der Waals surface area contributed by atoms with Gasteiger partial charge in [-0.2, -0.15) is 0 Å². The summed E-state index contributed by atoms with van der Waals surface area (Å²) >= 11 is 5.26. The van der Waals surface area contributed by atoms with E-state index in [-0.39, 0.29) is 5.91 Å². The van der Waals surface area contributed by atoms with Gasteiger partial charge in [-0.1, -0.05) is 40.2 Å². The van der Waals surface area contributed by atoms with Crippen LogP contribution in [-0.4, -0.2) is 77.3 Å². The Labute approximate surface area is 199 Å². The van der Waals surface area contributed by atoms with Crippen molar-refractivity contribution in [1.82, 2.24) is 9.80 Å². The zero-order chi connectivity index (χ0) is 23.3. The third-order valence-electron chi connectivity index (χ3n) is 4.77. The molecule has 0 spiro atoms. The number of halogens is 1. The second kappa shape index (κ2) is 14.0. The Morgan fingerprint density at radius 2 is 1.75 bits per heavy atom. The van der Waals surface area contributed by atoms with E-state index < -0.39 is 11.9 Å². The van der Waals surface area contributed by atoms with Crippen molar-refractivity contribution in [1.29, 1.82) is 0 Å². The average Bonchev–Trinajstić information content (AvgIpc) is 3.29. The fourth-order valence-corrected chi connectivity index (χ4v) is 4.25. The molecule has 2 N–H and O–H groups in total. The van der Waals surface area contributed by atoms with Gasteiger partial charge in [-0.15, -0.1) is 11.3 Å². The molecule has 3 rings (SSSR count). The van der Waals surface area contributed by atoms with Crippen LogP contribution in [0.15, 0.2) is 46.3 Å². The zero-order valence-corrected chi connectivity index (χ0v) is 20.0. The smallest absolute Gasteiger partial charge is 0.414 e. The lowest BCUT2D eigenvalue weighted by Gasteiger charge is -2.28. The molecular weight excluding hydrogens is 500 g/mol. The molecule has 1 fully saturated rings. The maximum atomic E-state index is 12.9. The Morgan fingerprint density at radius 3 is 2.34 bits per heavy atom. The number of amides is 1. The van der Waals surface area contributed by atoms with Crippen LogP contribution in [0.5, 0.6) is 0 Å². The molecule has 2 aromatic rings. The first-order valence-electron chi connectivity index (χ1n) is 10.2. The summed E-state index contributed by atoms with van der Waals surface area (Å²) in [4.78, 5) is 36.8. The highest BCUT2D eigenvalue weighted by atomic mass is 79.9. The second-order valence-electron chi connectivity index (χ2n) is 7.08. The zero-order valence-electron chi connectivity index (χ0n) is 17.6. The molecule has 0 aliphatic carbocycles. The Hall–Kier alpha value is -2.27. The van der Waals surface area contributed by atoms with Crippen molar-refractivity contribution in [2.24, 2.45) is 0 Å². The molecule has 8 nitrogen and oxygen atoms in total. The topological polar surface area (TPSA) is 107 Å². The SMILES string of the molecule is O=C(Cc1ccccc1Br)N(CCCN1CCOCC1)Cc1cccs1.O=C(O)C(=O)O. The van der Waals surface area contributed by atoms with Gasteiger partial charge in [0.2, 0.25) is 5.91 Å². The van der Waals surface area contributed by atoms with Gasteiger partial charge in [0.25, 0.3) is 0 Å². The van der Waals surface area contributed by atoms with Gasteiger partial charge in [-0.05, 0) is 29.5 Å². The first-order valence-corrected chi connectivity index (χ1v) is 11.8. The molecule has 0 atom stereocenters. The van der Waals surface area contributed by atoms with Crippen LogP contribution < -0.4 is 0 Å². The largest absolute Gasteiger partial charge is 0.473 e. The van der Waals surface area contributed by atoms with Crippen LogP contribution in [0.4, 0.5) is 0 Å². The van der Waals surface area contributed by atoms with E-state index >= 15 is 0 Å². The molecule has 2 heterocycles. The lowest BCUT2D eigenvalue weighted by molar-refractivity contribution is -0.159. The Balaban J connectivity index is 0.000000534. The molecule has 1 aromatic heterocycles. The van der Waals surface area contributed by atoms with Gasteiger partial charge >= 0.3 is 11.9 Å². The van der Waals surface area contributed by atoms with E-state index in [4.69, 9.17) is 24.5 Å². The maximum Gasteiger partial charge on any atom is 0.414 e. The Morgan fingerprint density at radius 1 is 1.06 bits per heavy atom. The van der Waals surface area contributed by atoms with Crippen LogP contribution in [0.25, 0.3) is 0 Å². The number of ether oxygens (including phenoxy) is 1. The van der Waals surface area contributed by atoms with Crippen LogP contribution in [0.2, 0.25) is 0 Å². The fraction of sp³-hybridized carbons (Fsp3) is 0.409. The van der Waals surface area contributed by atoms with Crippen LogP contribution in [0.1, 0.15) is 16.9 Å². The highest BCUT2D eigenvalue weighted by molar-refractivity contribution is 9.10. The summed E-state index contributed by atoms with van der Waals surface area (Å²) < 4.78 is 6.40. The lowest BCUT2D eigenvalue weighted by Crippen LogP contribution is -2.39. The molecule has 1 aliphatic heterocycles. The minimum atomic E-state index is -1.82. The molecule has 1 aromatic carbocycles. The average molecular weight is 527 g/mol. The second-order valence-corrected chi connectivity index (χ2v) is 8.97. The predicted octanol–water partition coefficient (Wildman–Crippen LogP) is 2.96. The van der Waals surface area contributed by atoms with Gasteiger partial charge in [0.15, 0.2) is 0 Å². The number of thiophene rings is 1. The van der Waals surface area contributed by atoms with Gasteiger partial charge in [-0.25, -0.2) is 9.59 Å². The van der Waals surface area contributed by atoms with Crippen molar-refractivity contribution in [2.45, 2.75) is 19.4 Å². The maximum absolute atomic E-state index is 12.9. The van der Waals surface area contributed by atoms with Crippen molar-refractivity contribution < 1.29 is 29.3 Å². The molecule has 174 valence electrons. The molecule has 0 saturated carbocycles.